The van der Waals surface area contributed by atoms with Crippen LogP contribution in [0.25, 0.3) is 83.9 Å². The fourth-order valence-corrected chi connectivity index (χ4v) is 8.83. The van der Waals surface area contributed by atoms with Crippen LogP contribution in [-0.2, 0) is 42.7 Å². The van der Waals surface area contributed by atoms with Gasteiger partial charge in [-0.1, -0.05) is 197 Å². The number of rotatable bonds is 7. The summed E-state index contributed by atoms with van der Waals surface area (Å²) in [7, 11) is 0. The Bertz CT molecular complexity index is 4250. The molecule has 0 spiro atoms. The monoisotopic (exact) mass is 1130 g/mol. The number of imidazole rings is 1. The Balaban J connectivity index is 0.0000105. The molecule has 2 aromatic heterocycles. The Morgan fingerprint density at radius 2 is 1.25 bits per heavy atom. The largest absolute Gasteiger partial charge is 0.507 e. The molecule has 0 aliphatic carbocycles. The molecule has 7 aromatic carbocycles. The smallest absolute Gasteiger partial charge is 0.148 e. The van der Waals surface area contributed by atoms with Gasteiger partial charge in [-0.25, -0.2) is 4.98 Å². The molecule has 2 heterocycles. The van der Waals surface area contributed by atoms with Crippen LogP contribution in [0, 0.1) is 19.8 Å². The van der Waals surface area contributed by atoms with Gasteiger partial charge in [0.1, 0.15) is 11.6 Å². The second-order valence-electron chi connectivity index (χ2n) is 21.1. The summed E-state index contributed by atoms with van der Waals surface area (Å²) in [6.45, 7) is 5.39. The number of hydrogen-bond donors (Lipinski definition) is 1. The van der Waals surface area contributed by atoms with E-state index in [1.807, 2.05) is 108 Å². The SMILES string of the molecule is [2H]c1nc(-c2[c-]c(-c3cccc4c3nc(-c3cc(C(C)(C)C)cc(C)c3O)n4-c3ccc(-c4c(-c5ccccc5)cccc4C(C)(C)C)cc3C([2H])([2H])[2H])cc(C(C)(C)C)c2)c([2H])c(-c2c([2H])c([2H])c(C(C([2H])([2H])[2H])(C([2H])([2H])[2H])C([2H])([2H])[2H])c([2H])c2[2H])c1[2H].[Pt]. The fourth-order valence-electron chi connectivity index (χ4n) is 8.83. The molecule has 0 radical (unpaired) electrons. The zero-order chi connectivity index (χ0) is 66.2. The summed E-state index contributed by atoms with van der Waals surface area (Å²) in [5.74, 6) is 0.115. The normalized spacial score (nSPS) is 16.9. The molecule has 364 valence electrons. The number of aromatic hydroxyl groups is 1. The van der Waals surface area contributed by atoms with Gasteiger partial charge in [0.25, 0.3) is 0 Å². The number of aryl methyl sites for hydroxylation is 2. The Hall–Kier alpha value is -6.35. The summed E-state index contributed by atoms with van der Waals surface area (Å²) in [6.07, 6.45) is -0.794. The molecule has 0 bridgehead atoms. The van der Waals surface area contributed by atoms with Crippen molar-refractivity contribution in [3.05, 3.63) is 191 Å². The van der Waals surface area contributed by atoms with Crippen LogP contribution >= 0.6 is 0 Å². The maximum Gasteiger partial charge on any atom is 0.148 e. The van der Waals surface area contributed by atoms with Crippen molar-refractivity contribution in [3.8, 4) is 78.6 Å². The zero-order valence-corrected chi connectivity index (χ0v) is 43.8. The summed E-state index contributed by atoms with van der Waals surface area (Å²) < 4.78 is 168. The Labute approximate surface area is 464 Å². The Kier molecular flexibility index (Phi) is 8.53. The van der Waals surface area contributed by atoms with Crippen LogP contribution in [0.15, 0.2) is 152 Å². The van der Waals surface area contributed by atoms with Crippen LogP contribution in [-0.4, -0.2) is 19.6 Å². The van der Waals surface area contributed by atoms with Crippen molar-refractivity contribution in [1.29, 1.82) is 0 Å². The van der Waals surface area contributed by atoms with E-state index in [1.54, 1.807) is 47.9 Å². The maximum absolute atomic E-state index is 12.2. The zero-order valence-electron chi connectivity index (χ0n) is 60.5. The van der Waals surface area contributed by atoms with E-state index in [4.69, 9.17) is 22.8 Å². The van der Waals surface area contributed by atoms with E-state index in [1.165, 1.54) is 0 Å². The quantitative estimate of drug-likeness (QED) is 0.162. The van der Waals surface area contributed by atoms with E-state index in [-0.39, 0.29) is 60.6 Å². The van der Waals surface area contributed by atoms with Crippen LogP contribution in [0.3, 0.4) is 0 Å². The van der Waals surface area contributed by atoms with Crippen LogP contribution in [0.2, 0.25) is 0 Å². The van der Waals surface area contributed by atoms with Gasteiger partial charge in [-0.3, -0.25) is 9.55 Å². The van der Waals surface area contributed by atoms with Crippen molar-refractivity contribution < 1.29 is 52.2 Å². The predicted molar refractivity (Wildman–Crippen MR) is 296 cm³/mol. The van der Waals surface area contributed by atoms with Gasteiger partial charge in [0.05, 0.1) is 31.9 Å². The number of pyridine rings is 1. The topological polar surface area (TPSA) is 50.9 Å². The van der Waals surface area contributed by atoms with Crippen molar-refractivity contribution >= 4 is 11.0 Å². The molecule has 9 aromatic rings. The molecule has 1 N–H and O–H groups in total. The number of phenols is 1. The Morgan fingerprint density at radius 1 is 0.577 bits per heavy atom. The Morgan fingerprint density at radius 3 is 1.93 bits per heavy atom. The summed E-state index contributed by atoms with van der Waals surface area (Å²) in [4.78, 5) is 9.74. The summed E-state index contributed by atoms with van der Waals surface area (Å²) in [5.41, 5.74) is -0.0835. The molecule has 4 nitrogen and oxygen atoms in total. The van der Waals surface area contributed by atoms with Gasteiger partial charge >= 0.3 is 0 Å². The third-order valence-electron chi connectivity index (χ3n) is 12.7. The first kappa shape index (κ1) is 31.9. The second kappa shape index (κ2) is 19.0. The van der Waals surface area contributed by atoms with Crippen LogP contribution in [0.5, 0.6) is 5.75 Å². The summed E-state index contributed by atoms with van der Waals surface area (Å²) in [5, 5.41) is 12.2. The standard InChI is InChI=1S/C66H68N3O.Pt/c1-41-34-46(59-52(44-20-16-15-17-21-44)22-18-24-55(59)66(12,13)14)28-31-57(41)69-58-25-19-23-53(60(58)68-62(69)54-40-50(64(6,7)8)35-42(2)61(54)70)47-36-48(38-51(37-47)65(9,10)11)56-39-45(32-33-67-56)43-26-29-49(30-27-43)63(3,4)5;/h15-35,37-40,70H,1-14H3;/q-1;/i1D3,3D3,4D3,5D3,26D,27D,29D,30D,32D,33D,39D;. The van der Waals surface area contributed by atoms with E-state index >= 15 is 0 Å². The predicted octanol–water partition coefficient (Wildman–Crippen LogP) is 17.7. The van der Waals surface area contributed by atoms with Gasteiger partial charge in [-0.2, -0.15) is 0 Å². The molecule has 9 rings (SSSR count). The van der Waals surface area contributed by atoms with Crippen LogP contribution < -0.4 is 0 Å². The average molecular weight is 1130 g/mol. The van der Waals surface area contributed by atoms with E-state index in [0.717, 1.165) is 27.8 Å². The van der Waals surface area contributed by atoms with Gasteiger partial charge in [-0.05, 0) is 127 Å². The first-order valence-corrected chi connectivity index (χ1v) is 23.2. The maximum atomic E-state index is 12.2. The average Bonchev–Trinajstić information content (AvgIpc) is 0.940. The summed E-state index contributed by atoms with van der Waals surface area (Å²) in [6, 6.07) is 30.7. The number of hydrogen-bond acceptors (Lipinski definition) is 3. The molecular weight excluding hydrogens is 1050 g/mol. The van der Waals surface area contributed by atoms with E-state index < -0.39 is 103 Å². The van der Waals surface area contributed by atoms with E-state index in [0.29, 0.717) is 44.4 Å². The molecule has 0 fully saturated rings. The minimum Gasteiger partial charge on any atom is -0.507 e. The summed E-state index contributed by atoms with van der Waals surface area (Å²) >= 11 is 0. The minimum absolute atomic E-state index is 0. The number of aromatic nitrogens is 3. The van der Waals surface area contributed by atoms with Crippen molar-refractivity contribution in [2.24, 2.45) is 0 Å². The first-order valence-electron chi connectivity index (χ1n) is 32.7. The second-order valence-corrected chi connectivity index (χ2v) is 21.1. The van der Waals surface area contributed by atoms with Gasteiger partial charge in [0.15, 0.2) is 0 Å². The molecule has 5 heteroatoms. The van der Waals surface area contributed by atoms with Gasteiger partial charge in [-0.15, -0.1) is 29.3 Å². The van der Waals surface area contributed by atoms with Crippen molar-refractivity contribution in [2.45, 2.75) is 118 Å². The van der Waals surface area contributed by atoms with Crippen LogP contribution in [0.4, 0.5) is 0 Å². The van der Waals surface area contributed by atoms with Gasteiger partial charge in [0, 0.05) is 49.4 Å². The number of phenolic OH excluding ortho intramolecular Hbond substituents is 1. The molecule has 0 saturated carbocycles. The number of para-hydroxylation sites is 1. The van der Waals surface area contributed by atoms with E-state index in [9.17, 15) is 13.3 Å². The van der Waals surface area contributed by atoms with Gasteiger partial charge < -0.3 is 5.11 Å². The third kappa shape index (κ3) is 10.1. The van der Waals surface area contributed by atoms with Crippen molar-refractivity contribution in [3.63, 3.8) is 0 Å². The van der Waals surface area contributed by atoms with Crippen LogP contribution in [0.1, 0.15) is 142 Å². The first-order chi connectivity index (χ1) is 40.9. The molecule has 0 saturated heterocycles. The molecular formula is C66H68N3OPt-. The third-order valence-corrected chi connectivity index (χ3v) is 12.7. The molecule has 71 heavy (non-hydrogen) atoms. The fraction of sp³-hybridized carbons (Fsp3) is 0.273. The molecule has 0 atom stereocenters. The molecule has 0 amide bonds. The number of benzene rings is 7. The number of fused-ring (bicyclic) bond motifs is 1. The van der Waals surface area contributed by atoms with Gasteiger partial charge in [0.2, 0.25) is 0 Å². The number of nitrogens with zero attached hydrogens (tertiary/aromatic N) is 3. The molecule has 0 aliphatic heterocycles. The van der Waals surface area contributed by atoms with Crippen molar-refractivity contribution in [2.75, 3.05) is 0 Å². The minimum atomic E-state index is -3.96. The van der Waals surface area contributed by atoms with E-state index in [2.05, 4.69) is 37.9 Å². The molecule has 0 aliphatic rings. The van der Waals surface area contributed by atoms with Crippen molar-refractivity contribution in [1.82, 2.24) is 14.5 Å². The molecule has 0 unspecified atom stereocenters.